The molecule has 1 fully saturated rings. The van der Waals surface area contributed by atoms with Crippen molar-refractivity contribution < 1.29 is 9.90 Å². The van der Waals surface area contributed by atoms with E-state index in [1.165, 1.54) is 4.88 Å². The van der Waals surface area contributed by atoms with Gasteiger partial charge in [0.1, 0.15) is 0 Å². The molecule has 0 radical (unpaired) electrons. The van der Waals surface area contributed by atoms with Crippen molar-refractivity contribution >= 4 is 17.3 Å². The van der Waals surface area contributed by atoms with Gasteiger partial charge in [-0.3, -0.25) is 4.79 Å². The number of aryl methyl sites for hydroxylation is 1. The number of piperidine rings is 1. The molecule has 1 aliphatic rings. The van der Waals surface area contributed by atoms with Crippen LogP contribution in [-0.4, -0.2) is 40.1 Å². The van der Waals surface area contributed by atoms with Gasteiger partial charge < -0.3 is 10.0 Å². The molecule has 2 unspecified atom stereocenters. The van der Waals surface area contributed by atoms with E-state index in [0.717, 1.165) is 38.0 Å². The van der Waals surface area contributed by atoms with Crippen LogP contribution in [-0.2, 0) is 11.2 Å². The van der Waals surface area contributed by atoms with Gasteiger partial charge in [0.15, 0.2) is 0 Å². The summed E-state index contributed by atoms with van der Waals surface area (Å²) in [4.78, 5) is 19.0. The third-order valence-electron chi connectivity index (χ3n) is 3.83. The topological polar surface area (TPSA) is 53.4 Å². The maximum Gasteiger partial charge on any atom is 0.306 e. The van der Waals surface area contributed by atoms with Gasteiger partial charge in [0.05, 0.1) is 17.1 Å². The smallest absolute Gasteiger partial charge is 0.306 e. The number of carboxylic acid groups (broad SMARTS) is 1. The van der Waals surface area contributed by atoms with Gasteiger partial charge in [-0.25, -0.2) is 4.98 Å². The van der Waals surface area contributed by atoms with Crippen molar-refractivity contribution in [3.05, 3.63) is 16.1 Å². The Balaban J connectivity index is 1.84. The predicted molar refractivity (Wildman–Crippen MR) is 71.9 cm³/mol. The lowest BCUT2D eigenvalue weighted by Crippen LogP contribution is -2.43. The van der Waals surface area contributed by atoms with Crippen LogP contribution in [0.2, 0.25) is 0 Å². The van der Waals surface area contributed by atoms with Crippen LogP contribution in [0.1, 0.15) is 30.3 Å². The molecule has 18 heavy (non-hydrogen) atoms. The third-order valence-corrected chi connectivity index (χ3v) is 4.83. The molecule has 1 aromatic heterocycles. The van der Waals surface area contributed by atoms with Crippen LogP contribution in [0.25, 0.3) is 0 Å². The first-order chi connectivity index (χ1) is 8.58. The van der Waals surface area contributed by atoms with Gasteiger partial charge in [0.2, 0.25) is 0 Å². The van der Waals surface area contributed by atoms with E-state index in [1.54, 1.807) is 11.3 Å². The lowest BCUT2D eigenvalue weighted by Gasteiger charge is -2.36. The van der Waals surface area contributed by atoms with Gasteiger partial charge in [-0.05, 0) is 39.7 Å². The quantitative estimate of drug-likeness (QED) is 0.909. The second-order valence-corrected chi connectivity index (χ2v) is 5.99. The fraction of sp³-hybridized carbons (Fsp3) is 0.692. The molecule has 0 aromatic carbocycles. The highest BCUT2D eigenvalue weighted by molar-refractivity contribution is 7.09. The van der Waals surface area contributed by atoms with E-state index in [1.807, 2.05) is 12.4 Å². The Kier molecular flexibility index (Phi) is 4.35. The molecule has 1 aliphatic heterocycles. The molecule has 0 bridgehead atoms. The number of hydrogen-bond acceptors (Lipinski definition) is 4. The van der Waals surface area contributed by atoms with Gasteiger partial charge in [-0.2, -0.15) is 0 Å². The lowest BCUT2D eigenvalue weighted by atomic mass is 9.91. The first-order valence-electron chi connectivity index (χ1n) is 6.43. The van der Waals surface area contributed by atoms with Crippen molar-refractivity contribution in [2.75, 3.05) is 13.1 Å². The van der Waals surface area contributed by atoms with E-state index in [0.29, 0.717) is 6.04 Å². The number of likely N-dealkylation sites (tertiary alicyclic amines) is 1. The number of nitrogens with zero attached hydrogens (tertiary/aromatic N) is 2. The van der Waals surface area contributed by atoms with Crippen molar-refractivity contribution in [1.82, 2.24) is 9.88 Å². The average Bonchev–Trinajstić information content (AvgIpc) is 2.73. The second-order valence-electron chi connectivity index (χ2n) is 5.06. The minimum absolute atomic E-state index is 0.151. The Hall–Kier alpha value is -0.940. The summed E-state index contributed by atoms with van der Waals surface area (Å²) in [5.41, 5.74) is 3.03. The van der Waals surface area contributed by atoms with E-state index in [-0.39, 0.29) is 5.92 Å². The van der Waals surface area contributed by atoms with Crippen LogP contribution in [0.15, 0.2) is 5.51 Å². The van der Waals surface area contributed by atoms with Crippen molar-refractivity contribution in [3.8, 4) is 0 Å². The van der Waals surface area contributed by atoms with E-state index in [4.69, 9.17) is 5.11 Å². The number of thiazole rings is 1. The minimum Gasteiger partial charge on any atom is -0.481 e. The highest BCUT2D eigenvalue weighted by atomic mass is 32.1. The Morgan fingerprint density at radius 2 is 2.44 bits per heavy atom. The monoisotopic (exact) mass is 268 g/mol. The summed E-state index contributed by atoms with van der Waals surface area (Å²) in [5.74, 6) is -0.791. The maximum absolute atomic E-state index is 11.0. The average molecular weight is 268 g/mol. The fourth-order valence-corrected chi connectivity index (χ4v) is 3.36. The molecule has 0 aliphatic carbocycles. The summed E-state index contributed by atoms with van der Waals surface area (Å²) in [6, 6.07) is 0.369. The molecule has 2 rings (SSSR count). The molecule has 2 heterocycles. The van der Waals surface area contributed by atoms with Crippen LogP contribution in [0.4, 0.5) is 0 Å². The number of rotatable bonds is 4. The molecule has 5 heteroatoms. The number of carboxylic acids is 1. The first kappa shape index (κ1) is 13.5. The summed E-state index contributed by atoms with van der Waals surface area (Å²) in [6.45, 7) is 6.09. The number of hydrogen-bond donors (Lipinski definition) is 1. The van der Waals surface area contributed by atoms with Crippen molar-refractivity contribution in [3.63, 3.8) is 0 Å². The summed E-state index contributed by atoms with van der Waals surface area (Å²) in [7, 11) is 0. The number of carbonyl (C=O) groups is 1. The SMILES string of the molecule is Cc1ncsc1CCN1CCC(C(=O)O)CC1C. The summed E-state index contributed by atoms with van der Waals surface area (Å²) < 4.78 is 0. The van der Waals surface area contributed by atoms with Gasteiger partial charge >= 0.3 is 5.97 Å². The molecule has 4 nitrogen and oxygen atoms in total. The number of aliphatic carboxylic acids is 1. The van der Waals surface area contributed by atoms with Crippen LogP contribution < -0.4 is 0 Å². The molecule has 0 saturated carbocycles. The third kappa shape index (κ3) is 3.09. The molecule has 0 spiro atoms. The molecule has 100 valence electrons. The second kappa shape index (κ2) is 5.80. The van der Waals surface area contributed by atoms with E-state index < -0.39 is 5.97 Å². The lowest BCUT2D eigenvalue weighted by molar-refractivity contribution is -0.144. The zero-order valence-corrected chi connectivity index (χ0v) is 11.7. The molecule has 1 saturated heterocycles. The van der Waals surface area contributed by atoms with Crippen LogP contribution in [0, 0.1) is 12.8 Å². The zero-order valence-electron chi connectivity index (χ0n) is 10.9. The highest BCUT2D eigenvalue weighted by Crippen LogP contribution is 2.23. The first-order valence-corrected chi connectivity index (χ1v) is 7.31. The van der Waals surface area contributed by atoms with E-state index in [2.05, 4.69) is 16.8 Å². The van der Waals surface area contributed by atoms with E-state index in [9.17, 15) is 4.79 Å². The largest absolute Gasteiger partial charge is 0.481 e. The summed E-state index contributed by atoms with van der Waals surface area (Å²) >= 11 is 1.71. The van der Waals surface area contributed by atoms with Crippen molar-refractivity contribution in [2.24, 2.45) is 5.92 Å². The highest BCUT2D eigenvalue weighted by Gasteiger charge is 2.29. The molecule has 1 N–H and O–H groups in total. The summed E-state index contributed by atoms with van der Waals surface area (Å²) in [5, 5.41) is 9.03. The van der Waals surface area contributed by atoms with E-state index >= 15 is 0 Å². The van der Waals surface area contributed by atoms with Gasteiger partial charge in [0.25, 0.3) is 0 Å². The maximum atomic E-state index is 11.0. The molecular formula is C13H20N2O2S. The predicted octanol–water partition coefficient (Wildman–Crippen LogP) is 2.18. The van der Waals surface area contributed by atoms with Crippen molar-refractivity contribution in [2.45, 2.75) is 39.2 Å². The van der Waals surface area contributed by atoms with Crippen molar-refractivity contribution in [1.29, 1.82) is 0 Å². The Morgan fingerprint density at radius 3 is 3.00 bits per heavy atom. The summed E-state index contributed by atoms with van der Waals surface area (Å²) in [6.07, 6.45) is 2.58. The molecule has 1 aromatic rings. The number of aromatic nitrogens is 1. The van der Waals surface area contributed by atoms with Crippen LogP contribution in [0.5, 0.6) is 0 Å². The molecular weight excluding hydrogens is 248 g/mol. The Bertz CT molecular complexity index is 419. The minimum atomic E-state index is -0.639. The van der Waals surface area contributed by atoms with Gasteiger partial charge in [0, 0.05) is 17.5 Å². The standard InChI is InChI=1S/C13H20N2O2S/c1-9-7-11(13(16)17)3-5-15(9)6-4-12-10(2)14-8-18-12/h8-9,11H,3-7H2,1-2H3,(H,16,17). The zero-order chi connectivity index (χ0) is 13.1. The van der Waals surface area contributed by atoms with Gasteiger partial charge in [-0.15, -0.1) is 11.3 Å². The van der Waals surface area contributed by atoms with Gasteiger partial charge in [-0.1, -0.05) is 0 Å². The van der Waals surface area contributed by atoms with Crippen LogP contribution in [0.3, 0.4) is 0 Å². The Labute approximate surface area is 112 Å². The van der Waals surface area contributed by atoms with Crippen LogP contribution >= 0.6 is 11.3 Å². The fourth-order valence-electron chi connectivity index (χ4n) is 2.59. The Morgan fingerprint density at radius 1 is 1.67 bits per heavy atom. The molecule has 0 amide bonds. The normalized spacial score (nSPS) is 25.2. The molecule has 2 atom stereocenters.